The molecule has 0 fully saturated rings. The van der Waals surface area contributed by atoms with Gasteiger partial charge in [-0.2, -0.15) is 0 Å². The monoisotopic (exact) mass is 353 g/mol. The van der Waals surface area contributed by atoms with Crippen molar-refractivity contribution < 1.29 is 9.26 Å². The molecule has 0 saturated carbocycles. The average molecular weight is 353 g/mol. The number of nitrogens with one attached hydrogen (secondary N) is 1. The zero-order chi connectivity index (χ0) is 17.8. The summed E-state index contributed by atoms with van der Waals surface area (Å²) >= 11 is 0. The highest BCUT2D eigenvalue weighted by Crippen LogP contribution is 2.27. The van der Waals surface area contributed by atoms with E-state index in [-0.39, 0.29) is 0 Å². The summed E-state index contributed by atoms with van der Waals surface area (Å²) in [6, 6.07) is 1.83. The minimum absolute atomic E-state index is 0.536. The van der Waals surface area contributed by atoms with Gasteiger partial charge in [-0.15, -0.1) is 0 Å². The summed E-state index contributed by atoms with van der Waals surface area (Å²) in [5, 5.41) is 7.25. The highest BCUT2D eigenvalue weighted by molar-refractivity contribution is 5.52. The molecule has 4 rings (SSSR count). The van der Waals surface area contributed by atoms with Gasteiger partial charge in [0.1, 0.15) is 24.1 Å². The molecular formula is C17H19N7O2. The molecule has 26 heavy (non-hydrogen) atoms. The van der Waals surface area contributed by atoms with E-state index in [1.165, 1.54) is 0 Å². The van der Waals surface area contributed by atoms with Gasteiger partial charge in [-0.1, -0.05) is 5.16 Å². The minimum atomic E-state index is 0.536. The van der Waals surface area contributed by atoms with Gasteiger partial charge >= 0.3 is 0 Å². The van der Waals surface area contributed by atoms with Crippen molar-refractivity contribution in [2.24, 2.45) is 0 Å². The van der Waals surface area contributed by atoms with E-state index in [1.54, 1.807) is 32.1 Å². The Hall–Kier alpha value is -3.23. The number of hydrogen-bond donors (Lipinski definition) is 1. The minimum Gasteiger partial charge on any atom is -0.478 e. The third kappa shape index (κ3) is 3.28. The molecule has 9 nitrogen and oxygen atoms in total. The Kier molecular flexibility index (Phi) is 4.59. The van der Waals surface area contributed by atoms with Gasteiger partial charge in [-0.3, -0.25) is 0 Å². The maximum Gasteiger partial charge on any atom is 0.257 e. The first-order valence-electron chi connectivity index (χ1n) is 8.41. The van der Waals surface area contributed by atoms with E-state index in [9.17, 15) is 0 Å². The lowest BCUT2D eigenvalue weighted by Crippen LogP contribution is -2.27. The zero-order valence-electron chi connectivity index (χ0n) is 14.4. The quantitative estimate of drug-likeness (QED) is 0.730. The molecule has 0 bridgehead atoms. The summed E-state index contributed by atoms with van der Waals surface area (Å²) in [6.45, 7) is 2.14. The van der Waals surface area contributed by atoms with Gasteiger partial charge < -0.3 is 19.5 Å². The molecule has 0 unspecified atom stereocenters. The van der Waals surface area contributed by atoms with Gasteiger partial charge in [0.05, 0.1) is 19.3 Å². The molecule has 1 aliphatic rings. The molecule has 134 valence electrons. The molecular weight excluding hydrogens is 334 g/mol. The summed E-state index contributed by atoms with van der Waals surface area (Å²) in [6.07, 6.45) is 8.08. The van der Waals surface area contributed by atoms with Crippen LogP contribution >= 0.6 is 0 Å². The maximum absolute atomic E-state index is 5.35. The molecule has 3 aromatic heterocycles. The Morgan fingerprint density at radius 1 is 1.15 bits per heavy atom. The largest absolute Gasteiger partial charge is 0.478 e. The smallest absolute Gasteiger partial charge is 0.257 e. The van der Waals surface area contributed by atoms with Crippen LogP contribution in [0.15, 0.2) is 35.6 Å². The Morgan fingerprint density at radius 3 is 2.88 bits per heavy atom. The first-order valence-corrected chi connectivity index (χ1v) is 8.41. The van der Waals surface area contributed by atoms with Crippen molar-refractivity contribution in [3.05, 3.63) is 48.0 Å². The van der Waals surface area contributed by atoms with Crippen LogP contribution < -0.4 is 15.0 Å². The van der Waals surface area contributed by atoms with E-state index in [1.807, 2.05) is 6.07 Å². The van der Waals surface area contributed by atoms with Crippen molar-refractivity contribution in [3.8, 4) is 5.88 Å². The van der Waals surface area contributed by atoms with Crippen molar-refractivity contribution in [1.82, 2.24) is 25.1 Å². The van der Waals surface area contributed by atoms with Crippen LogP contribution in [-0.2, 0) is 19.4 Å². The molecule has 1 N–H and O–H groups in total. The SMILES string of the molecule is COc1nccnc1N1CCc2ncnc(NCc3ccon3)c2CC1. The van der Waals surface area contributed by atoms with Gasteiger partial charge in [0.25, 0.3) is 5.88 Å². The predicted octanol–water partition coefficient (Wildman–Crippen LogP) is 1.48. The predicted molar refractivity (Wildman–Crippen MR) is 94.1 cm³/mol. The molecule has 4 heterocycles. The second-order valence-corrected chi connectivity index (χ2v) is 5.87. The Balaban J connectivity index is 1.53. The van der Waals surface area contributed by atoms with Crippen LogP contribution in [-0.4, -0.2) is 45.3 Å². The molecule has 0 amide bonds. The van der Waals surface area contributed by atoms with E-state index >= 15 is 0 Å². The molecule has 0 spiro atoms. The lowest BCUT2D eigenvalue weighted by atomic mass is 10.1. The van der Waals surface area contributed by atoms with E-state index in [4.69, 9.17) is 9.26 Å². The second-order valence-electron chi connectivity index (χ2n) is 5.87. The average Bonchev–Trinajstić information content (AvgIpc) is 3.11. The van der Waals surface area contributed by atoms with Crippen molar-refractivity contribution in [2.45, 2.75) is 19.4 Å². The molecule has 0 atom stereocenters. The summed E-state index contributed by atoms with van der Waals surface area (Å²) in [4.78, 5) is 19.7. The van der Waals surface area contributed by atoms with Gasteiger partial charge in [-0.25, -0.2) is 19.9 Å². The van der Waals surface area contributed by atoms with Crippen molar-refractivity contribution in [2.75, 3.05) is 30.4 Å². The number of hydrogen-bond acceptors (Lipinski definition) is 9. The summed E-state index contributed by atoms with van der Waals surface area (Å²) in [5.74, 6) is 2.13. The Morgan fingerprint density at radius 2 is 2.04 bits per heavy atom. The molecule has 0 radical (unpaired) electrons. The van der Waals surface area contributed by atoms with Gasteiger partial charge in [0, 0.05) is 43.5 Å². The third-order valence-corrected chi connectivity index (χ3v) is 4.35. The maximum atomic E-state index is 5.35. The lowest BCUT2D eigenvalue weighted by molar-refractivity contribution is 0.395. The number of aromatic nitrogens is 5. The number of ether oxygens (including phenoxy) is 1. The van der Waals surface area contributed by atoms with Gasteiger partial charge in [0.15, 0.2) is 5.82 Å². The molecule has 0 aromatic carbocycles. The van der Waals surface area contributed by atoms with E-state index in [0.29, 0.717) is 12.4 Å². The van der Waals surface area contributed by atoms with E-state index in [0.717, 1.165) is 54.5 Å². The highest BCUT2D eigenvalue weighted by atomic mass is 16.5. The van der Waals surface area contributed by atoms with Crippen LogP contribution in [0.25, 0.3) is 0 Å². The molecule has 0 aliphatic carbocycles. The molecule has 9 heteroatoms. The third-order valence-electron chi connectivity index (χ3n) is 4.35. The first kappa shape index (κ1) is 16.2. The number of methoxy groups -OCH3 is 1. The fourth-order valence-corrected chi connectivity index (χ4v) is 3.07. The topological polar surface area (TPSA) is 102 Å². The second kappa shape index (κ2) is 7.34. The Bertz CT molecular complexity index is 869. The first-order chi connectivity index (χ1) is 12.8. The fourth-order valence-electron chi connectivity index (χ4n) is 3.07. The van der Waals surface area contributed by atoms with Crippen LogP contribution in [0.3, 0.4) is 0 Å². The fraction of sp³-hybridized carbons (Fsp3) is 0.353. The standard InChI is InChI=1S/C17H19N7O2/c1-25-17-16(18-5-6-19-17)24-7-2-13-14(3-8-24)21-11-22-15(13)20-10-12-4-9-26-23-12/h4-6,9,11H,2-3,7-8,10H2,1H3,(H,20,21,22). The highest BCUT2D eigenvalue weighted by Gasteiger charge is 2.22. The zero-order valence-corrected chi connectivity index (χ0v) is 14.4. The van der Waals surface area contributed by atoms with E-state index in [2.05, 4.69) is 35.3 Å². The molecule has 3 aromatic rings. The van der Waals surface area contributed by atoms with Crippen molar-refractivity contribution in [3.63, 3.8) is 0 Å². The van der Waals surface area contributed by atoms with Gasteiger partial charge in [-0.05, 0) is 6.42 Å². The summed E-state index contributed by atoms with van der Waals surface area (Å²) in [5.41, 5.74) is 3.01. The van der Waals surface area contributed by atoms with Gasteiger partial charge in [0.2, 0.25) is 0 Å². The van der Waals surface area contributed by atoms with Crippen molar-refractivity contribution >= 4 is 11.6 Å². The molecule has 0 saturated heterocycles. The Labute approximate surface area is 150 Å². The number of nitrogens with zero attached hydrogens (tertiary/aromatic N) is 6. The summed E-state index contributed by atoms with van der Waals surface area (Å²) < 4.78 is 10.2. The van der Waals surface area contributed by atoms with Crippen LogP contribution in [0.5, 0.6) is 5.88 Å². The number of rotatable bonds is 5. The van der Waals surface area contributed by atoms with E-state index < -0.39 is 0 Å². The molecule has 1 aliphatic heterocycles. The number of anilines is 2. The normalized spacial score (nSPS) is 13.8. The van der Waals surface area contributed by atoms with Crippen molar-refractivity contribution in [1.29, 1.82) is 0 Å². The van der Waals surface area contributed by atoms with Crippen LogP contribution in [0.1, 0.15) is 17.0 Å². The number of fused-ring (bicyclic) bond motifs is 1. The lowest BCUT2D eigenvalue weighted by Gasteiger charge is -2.22. The van der Waals surface area contributed by atoms with Crippen LogP contribution in [0, 0.1) is 0 Å². The van der Waals surface area contributed by atoms with Crippen LogP contribution in [0.4, 0.5) is 11.6 Å². The summed E-state index contributed by atoms with van der Waals surface area (Å²) in [7, 11) is 1.61. The van der Waals surface area contributed by atoms with Crippen LogP contribution in [0.2, 0.25) is 0 Å².